The number of hydrogen-bond donors (Lipinski definition) is 1. The maximum absolute atomic E-state index is 3.37. The number of rotatable bonds is 0. The zero-order chi connectivity index (χ0) is 6.55. The van der Waals surface area contributed by atoms with Crippen molar-refractivity contribution in [2.75, 3.05) is 6.54 Å². The topological polar surface area (TPSA) is 15.3 Å². The van der Waals surface area contributed by atoms with E-state index in [9.17, 15) is 0 Å². The van der Waals surface area contributed by atoms with Gasteiger partial charge in [-0.15, -0.1) is 0 Å². The fraction of sp³-hybridized carbons (Fsp3) is 0.500. The molecule has 0 aromatic carbocycles. The molecule has 2 saturated heterocycles. The highest BCUT2D eigenvalue weighted by molar-refractivity contribution is 5.40. The summed E-state index contributed by atoms with van der Waals surface area (Å²) in [7, 11) is 0. The summed E-state index contributed by atoms with van der Waals surface area (Å²) in [6.07, 6.45) is 7.01. The lowest BCUT2D eigenvalue weighted by Crippen LogP contribution is -2.32. The summed E-state index contributed by atoms with van der Waals surface area (Å²) in [6, 6.07) is 0.722. The van der Waals surface area contributed by atoms with Crippen molar-refractivity contribution in [3.63, 3.8) is 0 Å². The minimum absolute atomic E-state index is 0.722. The van der Waals surface area contributed by atoms with Crippen LogP contribution >= 0.6 is 0 Å². The van der Waals surface area contributed by atoms with Crippen LogP contribution in [0.15, 0.2) is 23.4 Å². The number of nitrogens with zero attached hydrogens (tertiary/aromatic N) is 1. The summed E-state index contributed by atoms with van der Waals surface area (Å²) >= 11 is 0. The molecule has 1 aliphatic carbocycles. The van der Waals surface area contributed by atoms with Gasteiger partial charge in [0.25, 0.3) is 0 Å². The van der Waals surface area contributed by atoms with Crippen LogP contribution in [0.2, 0.25) is 0 Å². The van der Waals surface area contributed by atoms with Crippen LogP contribution in [-0.4, -0.2) is 17.6 Å². The lowest BCUT2D eigenvalue weighted by atomic mass is 10.1. The van der Waals surface area contributed by atoms with E-state index in [0.717, 1.165) is 12.6 Å². The van der Waals surface area contributed by atoms with Crippen molar-refractivity contribution in [2.45, 2.75) is 18.9 Å². The van der Waals surface area contributed by atoms with Gasteiger partial charge in [0.1, 0.15) is 0 Å². The molecular weight excluding hydrogens is 124 g/mol. The Bertz CT molecular complexity index is 216. The molecule has 10 heavy (non-hydrogen) atoms. The van der Waals surface area contributed by atoms with Crippen molar-refractivity contribution in [1.82, 2.24) is 10.4 Å². The Labute approximate surface area is 60.2 Å². The number of hydrazine groups is 1. The summed E-state index contributed by atoms with van der Waals surface area (Å²) in [6.45, 7) is 1.15. The molecule has 0 aromatic heterocycles. The van der Waals surface area contributed by atoms with E-state index in [2.05, 4.69) is 22.6 Å². The molecule has 2 nitrogen and oxygen atoms in total. The maximum Gasteiger partial charge on any atom is 0.0680 e. The third kappa shape index (κ3) is 0.409. The van der Waals surface area contributed by atoms with Gasteiger partial charge in [0.05, 0.1) is 6.04 Å². The van der Waals surface area contributed by atoms with Crippen molar-refractivity contribution < 1.29 is 0 Å². The van der Waals surface area contributed by atoms with Crippen LogP contribution in [0.3, 0.4) is 0 Å². The van der Waals surface area contributed by atoms with Crippen LogP contribution in [0, 0.1) is 0 Å². The molecule has 0 aromatic rings. The number of nitrogens with one attached hydrogen (secondary N) is 1. The summed E-state index contributed by atoms with van der Waals surface area (Å²) in [4.78, 5) is 0. The van der Waals surface area contributed by atoms with Gasteiger partial charge < -0.3 is 5.01 Å². The first-order valence-electron chi connectivity index (χ1n) is 3.87. The molecule has 52 valence electrons. The second-order valence-corrected chi connectivity index (χ2v) is 3.16. The Balaban J connectivity index is 2.08. The minimum atomic E-state index is 0.722. The Morgan fingerprint density at radius 1 is 1.50 bits per heavy atom. The lowest BCUT2D eigenvalue weighted by molar-refractivity contribution is 0.301. The predicted molar refractivity (Wildman–Crippen MR) is 39.0 cm³/mol. The minimum Gasteiger partial charge on any atom is -0.305 e. The predicted octanol–water partition coefficient (Wildman–Crippen LogP) is 0.793. The molecule has 3 rings (SSSR count). The van der Waals surface area contributed by atoms with E-state index in [1.54, 1.807) is 5.57 Å². The zero-order valence-electron chi connectivity index (χ0n) is 5.80. The van der Waals surface area contributed by atoms with Gasteiger partial charge in [-0.1, -0.05) is 6.08 Å². The smallest absolute Gasteiger partial charge is 0.0680 e. The molecule has 0 radical (unpaired) electrons. The van der Waals surface area contributed by atoms with Crippen LogP contribution in [0.1, 0.15) is 12.8 Å². The molecule has 0 spiro atoms. The van der Waals surface area contributed by atoms with E-state index in [1.807, 2.05) is 0 Å². The standard InChI is InChI=1S/C8H10N2/c1-2-7-5-6(1)8-3-4-9-10(7)8/h1-2,8-9H,3-5H2. The van der Waals surface area contributed by atoms with Crippen LogP contribution in [0.4, 0.5) is 0 Å². The van der Waals surface area contributed by atoms with Gasteiger partial charge in [-0.2, -0.15) is 0 Å². The summed E-state index contributed by atoms with van der Waals surface area (Å²) < 4.78 is 0. The Kier molecular flexibility index (Phi) is 0.722. The molecule has 2 heteroatoms. The van der Waals surface area contributed by atoms with Crippen molar-refractivity contribution in [1.29, 1.82) is 0 Å². The first-order valence-corrected chi connectivity index (χ1v) is 3.87. The van der Waals surface area contributed by atoms with Crippen LogP contribution in [0.25, 0.3) is 0 Å². The molecule has 0 amide bonds. The van der Waals surface area contributed by atoms with Gasteiger partial charge in [-0.05, 0) is 18.1 Å². The second kappa shape index (κ2) is 1.45. The Morgan fingerprint density at radius 3 is 3.40 bits per heavy atom. The van der Waals surface area contributed by atoms with Crippen LogP contribution < -0.4 is 5.43 Å². The molecule has 2 bridgehead atoms. The monoisotopic (exact) mass is 134 g/mol. The molecule has 3 aliphatic rings. The molecular formula is C8H10N2. The first kappa shape index (κ1) is 4.97. The van der Waals surface area contributed by atoms with E-state index in [4.69, 9.17) is 0 Å². The highest BCUT2D eigenvalue weighted by atomic mass is 15.6. The number of fused-ring (bicyclic) bond motifs is 5. The Morgan fingerprint density at radius 2 is 2.50 bits per heavy atom. The van der Waals surface area contributed by atoms with Gasteiger partial charge >= 0.3 is 0 Å². The quantitative estimate of drug-likeness (QED) is 0.527. The number of hydrogen-bond acceptors (Lipinski definition) is 2. The molecule has 2 aliphatic heterocycles. The van der Waals surface area contributed by atoms with Crippen molar-refractivity contribution in [3.8, 4) is 0 Å². The fourth-order valence-corrected chi connectivity index (χ4v) is 2.14. The first-order chi connectivity index (χ1) is 4.95. The third-order valence-corrected chi connectivity index (χ3v) is 2.62. The summed E-state index contributed by atoms with van der Waals surface area (Å²) in [5.41, 5.74) is 6.46. The SMILES string of the molecule is C1=C2CC(=C1)N1NCCC21. The van der Waals surface area contributed by atoms with E-state index in [-0.39, 0.29) is 0 Å². The molecule has 2 fully saturated rings. The molecule has 2 heterocycles. The molecule has 0 saturated carbocycles. The van der Waals surface area contributed by atoms with E-state index < -0.39 is 0 Å². The van der Waals surface area contributed by atoms with Gasteiger partial charge in [0.2, 0.25) is 0 Å². The third-order valence-electron chi connectivity index (χ3n) is 2.62. The Hall–Kier alpha value is -0.760. The largest absolute Gasteiger partial charge is 0.305 e. The second-order valence-electron chi connectivity index (χ2n) is 3.16. The van der Waals surface area contributed by atoms with E-state index >= 15 is 0 Å². The average Bonchev–Trinajstić information content (AvgIpc) is 2.60. The van der Waals surface area contributed by atoms with E-state index in [0.29, 0.717) is 0 Å². The summed E-state index contributed by atoms with van der Waals surface area (Å²) in [5.74, 6) is 0. The lowest BCUT2D eigenvalue weighted by Gasteiger charge is -2.20. The highest BCUT2D eigenvalue weighted by Gasteiger charge is 2.37. The molecule has 1 N–H and O–H groups in total. The molecule has 1 unspecified atom stereocenters. The van der Waals surface area contributed by atoms with Crippen LogP contribution in [0.5, 0.6) is 0 Å². The highest BCUT2D eigenvalue weighted by Crippen LogP contribution is 2.39. The number of allylic oxidation sites excluding steroid dienone is 3. The maximum atomic E-state index is 3.37. The van der Waals surface area contributed by atoms with Gasteiger partial charge in [-0.25, -0.2) is 5.43 Å². The normalized spacial score (nSPS) is 34.4. The summed E-state index contributed by atoms with van der Waals surface area (Å²) in [5, 5.41) is 2.33. The van der Waals surface area contributed by atoms with Gasteiger partial charge in [0.15, 0.2) is 0 Å². The van der Waals surface area contributed by atoms with Gasteiger partial charge in [-0.3, -0.25) is 0 Å². The van der Waals surface area contributed by atoms with Crippen molar-refractivity contribution >= 4 is 0 Å². The van der Waals surface area contributed by atoms with Crippen LogP contribution in [-0.2, 0) is 0 Å². The molecule has 1 atom stereocenters. The van der Waals surface area contributed by atoms with Gasteiger partial charge in [0, 0.05) is 18.7 Å². The average molecular weight is 134 g/mol. The van der Waals surface area contributed by atoms with E-state index in [1.165, 1.54) is 18.5 Å². The zero-order valence-corrected chi connectivity index (χ0v) is 5.80. The van der Waals surface area contributed by atoms with Crippen molar-refractivity contribution in [2.24, 2.45) is 0 Å². The fourth-order valence-electron chi connectivity index (χ4n) is 2.14. The van der Waals surface area contributed by atoms with Crippen molar-refractivity contribution in [3.05, 3.63) is 23.4 Å².